The molecule has 0 saturated carbocycles. The summed E-state index contributed by atoms with van der Waals surface area (Å²) in [6.07, 6.45) is 0. The lowest BCUT2D eigenvalue weighted by molar-refractivity contribution is 0.0743. The summed E-state index contributed by atoms with van der Waals surface area (Å²) in [5.41, 5.74) is 0.985. The van der Waals surface area contributed by atoms with Crippen molar-refractivity contribution in [2.24, 2.45) is 0 Å². The molecule has 2 aromatic carbocycles. The average Bonchev–Trinajstić information content (AvgIpc) is 2.57. The van der Waals surface area contributed by atoms with E-state index in [0.29, 0.717) is 31.2 Å². The van der Waals surface area contributed by atoms with Gasteiger partial charge in [-0.2, -0.15) is 0 Å². The lowest BCUT2D eigenvalue weighted by Crippen LogP contribution is -2.48. The zero-order chi connectivity index (χ0) is 16.4. The van der Waals surface area contributed by atoms with Crippen LogP contribution in [0.5, 0.6) is 11.5 Å². The molecule has 3 rings (SSSR count). The van der Waals surface area contributed by atoms with Crippen molar-refractivity contribution in [3.05, 3.63) is 53.1 Å². The normalized spacial score (nSPS) is 14.8. The molecule has 1 aliphatic rings. The number of hydrogen-bond donors (Lipinski definition) is 2. The van der Waals surface area contributed by atoms with Crippen molar-refractivity contribution < 1.29 is 15.0 Å². The van der Waals surface area contributed by atoms with Gasteiger partial charge in [0.25, 0.3) is 5.91 Å². The molecule has 2 N–H and O–H groups in total. The Morgan fingerprint density at radius 2 is 1.65 bits per heavy atom. The van der Waals surface area contributed by atoms with Gasteiger partial charge in [0, 0.05) is 31.2 Å². The predicted octanol–water partition coefficient (Wildman–Crippen LogP) is 2.71. The number of piperazine rings is 1. The number of phenols is 2. The molecule has 0 atom stereocenters. The highest BCUT2D eigenvalue weighted by molar-refractivity contribution is 6.31. The first-order chi connectivity index (χ1) is 11.1. The van der Waals surface area contributed by atoms with E-state index in [1.165, 1.54) is 12.1 Å². The SMILES string of the molecule is O=C(c1cc(Cl)ccc1O)N1CCN(c2ccccc2O)CC1. The summed E-state index contributed by atoms with van der Waals surface area (Å²) in [7, 11) is 0. The molecule has 23 heavy (non-hydrogen) atoms. The minimum absolute atomic E-state index is 0.0671. The van der Waals surface area contributed by atoms with Crippen molar-refractivity contribution in [3.63, 3.8) is 0 Å². The van der Waals surface area contributed by atoms with Crippen molar-refractivity contribution in [2.45, 2.75) is 0 Å². The first-order valence-corrected chi connectivity index (χ1v) is 7.75. The molecule has 1 saturated heterocycles. The smallest absolute Gasteiger partial charge is 0.257 e. The van der Waals surface area contributed by atoms with Crippen LogP contribution in [0.25, 0.3) is 0 Å². The van der Waals surface area contributed by atoms with Crippen LogP contribution >= 0.6 is 11.6 Å². The highest BCUT2D eigenvalue weighted by atomic mass is 35.5. The molecule has 1 aliphatic heterocycles. The topological polar surface area (TPSA) is 64.0 Å². The number of carbonyl (C=O) groups is 1. The molecular weight excluding hydrogens is 316 g/mol. The number of nitrogens with zero attached hydrogens (tertiary/aromatic N) is 2. The van der Waals surface area contributed by atoms with Gasteiger partial charge in [-0.05, 0) is 30.3 Å². The summed E-state index contributed by atoms with van der Waals surface area (Å²) in [6, 6.07) is 11.6. The highest BCUT2D eigenvalue weighted by Gasteiger charge is 2.25. The van der Waals surface area contributed by atoms with Gasteiger partial charge < -0.3 is 20.0 Å². The molecule has 1 heterocycles. The van der Waals surface area contributed by atoms with Crippen LogP contribution in [-0.2, 0) is 0 Å². The molecule has 6 heteroatoms. The zero-order valence-corrected chi connectivity index (χ0v) is 13.2. The number of hydrogen-bond acceptors (Lipinski definition) is 4. The number of phenolic OH excluding ortho intramolecular Hbond substituents is 2. The average molecular weight is 333 g/mol. The number of amides is 1. The molecule has 5 nitrogen and oxygen atoms in total. The number of anilines is 1. The summed E-state index contributed by atoms with van der Waals surface area (Å²) in [5, 5.41) is 20.2. The maximum absolute atomic E-state index is 12.5. The fourth-order valence-corrected chi connectivity index (χ4v) is 2.90. The quantitative estimate of drug-likeness (QED) is 0.887. The van der Waals surface area contributed by atoms with Crippen LogP contribution in [0.1, 0.15) is 10.4 Å². The molecule has 1 amide bonds. The Morgan fingerprint density at radius 3 is 2.35 bits per heavy atom. The van der Waals surface area contributed by atoms with Crippen molar-refractivity contribution >= 4 is 23.2 Å². The monoisotopic (exact) mass is 332 g/mol. The van der Waals surface area contributed by atoms with E-state index in [9.17, 15) is 15.0 Å². The maximum Gasteiger partial charge on any atom is 0.257 e. The number of halogens is 1. The third kappa shape index (κ3) is 3.19. The second kappa shape index (κ2) is 6.38. The Hall–Kier alpha value is -2.40. The molecule has 1 fully saturated rings. The Kier molecular flexibility index (Phi) is 4.30. The fourth-order valence-electron chi connectivity index (χ4n) is 2.73. The van der Waals surface area contributed by atoms with Crippen molar-refractivity contribution in [1.82, 2.24) is 4.90 Å². The molecule has 0 unspecified atom stereocenters. The van der Waals surface area contributed by atoms with E-state index in [2.05, 4.69) is 0 Å². The lowest BCUT2D eigenvalue weighted by Gasteiger charge is -2.36. The van der Waals surface area contributed by atoms with Crippen LogP contribution < -0.4 is 4.90 Å². The summed E-state index contributed by atoms with van der Waals surface area (Å²) >= 11 is 5.90. The second-order valence-corrected chi connectivity index (χ2v) is 5.87. The van der Waals surface area contributed by atoms with E-state index in [4.69, 9.17) is 11.6 Å². The van der Waals surface area contributed by atoms with Gasteiger partial charge >= 0.3 is 0 Å². The molecular formula is C17H17ClN2O3. The molecule has 0 radical (unpaired) electrons. The summed E-state index contributed by atoms with van der Waals surface area (Å²) in [4.78, 5) is 16.2. The van der Waals surface area contributed by atoms with Crippen LogP contribution in [-0.4, -0.2) is 47.2 Å². The van der Waals surface area contributed by atoms with E-state index in [0.717, 1.165) is 5.69 Å². The third-order valence-corrected chi connectivity index (χ3v) is 4.21. The largest absolute Gasteiger partial charge is 0.507 e. The predicted molar refractivity (Wildman–Crippen MR) is 89.3 cm³/mol. The fraction of sp³-hybridized carbons (Fsp3) is 0.235. The zero-order valence-electron chi connectivity index (χ0n) is 12.4. The van der Waals surface area contributed by atoms with Crippen molar-refractivity contribution in [1.29, 1.82) is 0 Å². The number of carbonyl (C=O) groups excluding carboxylic acids is 1. The van der Waals surface area contributed by atoms with E-state index < -0.39 is 0 Å². The van der Waals surface area contributed by atoms with E-state index in [1.807, 2.05) is 17.0 Å². The van der Waals surface area contributed by atoms with Gasteiger partial charge in [-0.3, -0.25) is 4.79 Å². The Morgan fingerprint density at radius 1 is 0.957 bits per heavy atom. The van der Waals surface area contributed by atoms with Gasteiger partial charge in [-0.25, -0.2) is 0 Å². The minimum Gasteiger partial charge on any atom is -0.507 e. The first kappa shape index (κ1) is 15.5. The Bertz CT molecular complexity index is 728. The van der Waals surface area contributed by atoms with Gasteiger partial charge in [0.15, 0.2) is 0 Å². The lowest BCUT2D eigenvalue weighted by atomic mass is 10.1. The summed E-state index contributed by atoms with van der Waals surface area (Å²) < 4.78 is 0. The van der Waals surface area contributed by atoms with Crippen LogP contribution in [0.15, 0.2) is 42.5 Å². The van der Waals surface area contributed by atoms with Crippen molar-refractivity contribution in [2.75, 3.05) is 31.1 Å². The van der Waals surface area contributed by atoms with Crippen LogP contribution in [0.4, 0.5) is 5.69 Å². The molecule has 2 aromatic rings. The molecule has 0 aromatic heterocycles. The second-order valence-electron chi connectivity index (χ2n) is 5.43. The van der Waals surface area contributed by atoms with Crippen molar-refractivity contribution in [3.8, 4) is 11.5 Å². The standard InChI is InChI=1S/C17H17ClN2O3/c18-12-5-6-15(21)13(11-12)17(23)20-9-7-19(8-10-20)14-3-1-2-4-16(14)22/h1-6,11,21-22H,7-10H2. The molecule has 0 aliphatic carbocycles. The maximum atomic E-state index is 12.5. The number of rotatable bonds is 2. The van der Waals surface area contributed by atoms with Gasteiger partial charge in [0.2, 0.25) is 0 Å². The van der Waals surface area contributed by atoms with Gasteiger partial charge in [-0.1, -0.05) is 23.7 Å². The molecule has 120 valence electrons. The van der Waals surface area contributed by atoms with Gasteiger partial charge in [-0.15, -0.1) is 0 Å². The highest BCUT2D eigenvalue weighted by Crippen LogP contribution is 2.28. The third-order valence-electron chi connectivity index (χ3n) is 3.98. The molecule has 0 spiro atoms. The molecule has 0 bridgehead atoms. The number of para-hydroxylation sites is 2. The van der Waals surface area contributed by atoms with E-state index in [1.54, 1.807) is 23.1 Å². The Balaban J connectivity index is 1.70. The van der Waals surface area contributed by atoms with Crippen LogP contribution in [0.2, 0.25) is 5.02 Å². The van der Waals surface area contributed by atoms with Gasteiger partial charge in [0.1, 0.15) is 11.5 Å². The first-order valence-electron chi connectivity index (χ1n) is 7.37. The van der Waals surface area contributed by atoms with Crippen LogP contribution in [0, 0.1) is 0 Å². The Labute approximate surface area is 139 Å². The minimum atomic E-state index is -0.234. The number of aromatic hydroxyl groups is 2. The van der Waals surface area contributed by atoms with Gasteiger partial charge in [0.05, 0.1) is 11.3 Å². The van der Waals surface area contributed by atoms with E-state index >= 15 is 0 Å². The van der Waals surface area contributed by atoms with Crippen LogP contribution in [0.3, 0.4) is 0 Å². The van der Waals surface area contributed by atoms with E-state index in [-0.39, 0.29) is 23.0 Å². The number of benzene rings is 2. The summed E-state index contributed by atoms with van der Waals surface area (Å²) in [5.74, 6) is -0.0655. The summed E-state index contributed by atoms with van der Waals surface area (Å²) in [6.45, 7) is 2.26.